The lowest BCUT2D eigenvalue weighted by molar-refractivity contribution is 0.0924. The summed E-state index contributed by atoms with van der Waals surface area (Å²) in [4.78, 5) is 0. The molecule has 0 aliphatic heterocycles. The van der Waals surface area contributed by atoms with Crippen LogP contribution < -0.4 is 10.1 Å². The van der Waals surface area contributed by atoms with Crippen LogP contribution in [0.25, 0.3) is 0 Å². The molecule has 0 heterocycles. The second-order valence-electron chi connectivity index (χ2n) is 4.50. The number of hydrogen-bond donors (Lipinski definition) is 1. The Labute approximate surface area is 103 Å². The molecule has 0 aromatic heterocycles. The quantitative estimate of drug-likeness (QED) is 0.701. The SMILES string of the molecule is CNCc1ccccc1OCCOCC1CC1. The minimum Gasteiger partial charge on any atom is -0.491 e. The molecular formula is C14H21NO2. The van der Waals surface area contributed by atoms with Crippen LogP contribution in [0, 0.1) is 5.92 Å². The van der Waals surface area contributed by atoms with E-state index in [1.165, 1.54) is 18.4 Å². The second kappa shape index (κ2) is 6.62. The minimum atomic E-state index is 0.632. The summed E-state index contributed by atoms with van der Waals surface area (Å²) >= 11 is 0. The molecule has 1 N–H and O–H groups in total. The zero-order valence-corrected chi connectivity index (χ0v) is 10.4. The molecule has 17 heavy (non-hydrogen) atoms. The van der Waals surface area contributed by atoms with Gasteiger partial charge in [-0.05, 0) is 31.9 Å². The Morgan fingerprint density at radius 2 is 2.06 bits per heavy atom. The van der Waals surface area contributed by atoms with Crippen molar-refractivity contribution in [1.29, 1.82) is 0 Å². The van der Waals surface area contributed by atoms with Gasteiger partial charge < -0.3 is 14.8 Å². The maximum Gasteiger partial charge on any atom is 0.123 e. The molecule has 0 radical (unpaired) electrons. The van der Waals surface area contributed by atoms with Crippen LogP contribution in [0.4, 0.5) is 0 Å². The Hall–Kier alpha value is -1.06. The highest BCUT2D eigenvalue weighted by Crippen LogP contribution is 2.28. The molecule has 0 atom stereocenters. The van der Waals surface area contributed by atoms with Gasteiger partial charge >= 0.3 is 0 Å². The molecule has 1 aliphatic carbocycles. The molecule has 1 saturated carbocycles. The normalized spacial score (nSPS) is 14.9. The van der Waals surface area contributed by atoms with Crippen LogP contribution in [0.2, 0.25) is 0 Å². The molecule has 1 aromatic carbocycles. The van der Waals surface area contributed by atoms with Gasteiger partial charge in [-0.1, -0.05) is 18.2 Å². The molecule has 3 nitrogen and oxygen atoms in total. The fourth-order valence-electron chi connectivity index (χ4n) is 1.73. The molecule has 2 rings (SSSR count). The zero-order chi connectivity index (χ0) is 11.9. The summed E-state index contributed by atoms with van der Waals surface area (Å²) in [6.07, 6.45) is 2.68. The molecule has 1 aliphatic rings. The molecule has 0 saturated heterocycles. The van der Waals surface area contributed by atoms with Gasteiger partial charge in [0, 0.05) is 18.7 Å². The van der Waals surface area contributed by atoms with Crippen LogP contribution in [-0.2, 0) is 11.3 Å². The van der Waals surface area contributed by atoms with E-state index in [9.17, 15) is 0 Å². The molecule has 0 unspecified atom stereocenters. The summed E-state index contributed by atoms with van der Waals surface area (Å²) in [5.41, 5.74) is 1.19. The van der Waals surface area contributed by atoms with Crippen molar-refractivity contribution >= 4 is 0 Å². The van der Waals surface area contributed by atoms with Gasteiger partial charge in [-0.25, -0.2) is 0 Å². The van der Waals surface area contributed by atoms with E-state index in [0.29, 0.717) is 13.2 Å². The first kappa shape index (κ1) is 12.4. The van der Waals surface area contributed by atoms with E-state index in [1.54, 1.807) is 0 Å². The monoisotopic (exact) mass is 235 g/mol. The average Bonchev–Trinajstić information content (AvgIpc) is 3.15. The number of rotatable bonds is 8. The van der Waals surface area contributed by atoms with Crippen molar-refractivity contribution < 1.29 is 9.47 Å². The van der Waals surface area contributed by atoms with Gasteiger partial charge in [-0.2, -0.15) is 0 Å². The molecule has 1 fully saturated rings. The number of ether oxygens (including phenoxy) is 2. The number of para-hydroxylation sites is 1. The van der Waals surface area contributed by atoms with E-state index in [-0.39, 0.29) is 0 Å². The Morgan fingerprint density at radius 3 is 2.82 bits per heavy atom. The van der Waals surface area contributed by atoms with Gasteiger partial charge in [0.25, 0.3) is 0 Å². The maximum atomic E-state index is 5.73. The van der Waals surface area contributed by atoms with Gasteiger partial charge in [0.05, 0.1) is 6.61 Å². The van der Waals surface area contributed by atoms with Crippen LogP contribution in [0.3, 0.4) is 0 Å². The third-order valence-corrected chi connectivity index (χ3v) is 2.88. The number of nitrogens with one attached hydrogen (secondary N) is 1. The highest BCUT2D eigenvalue weighted by Gasteiger charge is 2.20. The highest BCUT2D eigenvalue weighted by atomic mass is 16.5. The van der Waals surface area contributed by atoms with Crippen molar-refractivity contribution in [2.45, 2.75) is 19.4 Å². The lowest BCUT2D eigenvalue weighted by Gasteiger charge is -2.11. The van der Waals surface area contributed by atoms with E-state index in [2.05, 4.69) is 11.4 Å². The number of hydrogen-bond acceptors (Lipinski definition) is 3. The standard InChI is InChI=1S/C14H21NO2/c1-15-10-13-4-2-3-5-14(13)17-9-8-16-11-12-6-7-12/h2-5,12,15H,6-11H2,1H3. The Morgan fingerprint density at radius 1 is 1.24 bits per heavy atom. The third-order valence-electron chi connectivity index (χ3n) is 2.88. The van der Waals surface area contributed by atoms with E-state index in [0.717, 1.165) is 24.8 Å². The summed E-state index contributed by atoms with van der Waals surface area (Å²) < 4.78 is 11.3. The molecule has 94 valence electrons. The Balaban J connectivity index is 1.69. The fourth-order valence-corrected chi connectivity index (χ4v) is 1.73. The first-order valence-corrected chi connectivity index (χ1v) is 6.33. The predicted octanol–water partition coefficient (Wildman–Crippen LogP) is 2.21. The first-order valence-electron chi connectivity index (χ1n) is 6.33. The fraction of sp³-hybridized carbons (Fsp3) is 0.571. The Kier molecular flexibility index (Phi) is 4.83. The zero-order valence-electron chi connectivity index (χ0n) is 10.4. The van der Waals surface area contributed by atoms with Crippen LogP contribution in [0.5, 0.6) is 5.75 Å². The molecular weight excluding hydrogens is 214 g/mol. The van der Waals surface area contributed by atoms with E-state index in [1.807, 2.05) is 25.2 Å². The lowest BCUT2D eigenvalue weighted by atomic mass is 10.2. The van der Waals surface area contributed by atoms with E-state index >= 15 is 0 Å². The van der Waals surface area contributed by atoms with Crippen molar-refractivity contribution in [2.24, 2.45) is 5.92 Å². The summed E-state index contributed by atoms with van der Waals surface area (Å²) in [5.74, 6) is 1.78. The average molecular weight is 235 g/mol. The van der Waals surface area contributed by atoms with E-state index in [4.69, 9.17) is 9.47 Å². The first-order chi connectivity index (χ1) is 8.40. The summed E-state index contributed by atoms with van der Waals surface area (Å²) in [5, 5.41) is 3.14. The summed E-state index contributed by atoms with van der Waals surface area (Å²) in [6.45, 7) is 3.05. The smallest absolute Gasteiger partial charge is 0.123 e. The minimum absolute atomic E-state index is 0.632. The van der Waals surface area contributed by atoms with Crippen molar-refractivity contribution in [1.82, 2.24) is 5.32 Å². The topological polar surface area (TPSA) is 30.5 Å². The van der Waals surface area contributed by atoms with Gasteiger partial charge in [0.2, 0.25) is 0 Å². The third kappa shape index (κ3) is 4.36. The molecule has 3 heteroatoms. The van der Waals surface area contributed by atoms with Crippen LogP contribution in [0.1, 0.15) is 18.4 Å². The van der Waals surface area contributed by atoms with Gasteiger partial charge in [-0.15, -0.1) is 0 Å². The van der Waals surface area contributed by atoms with Crippen molar-refractivity contribution in [3.63, 3.8) is 0 Å². The molecule has 0 bridgehead atoms. The lowest BCUT2D eigenvalue weighted by Crippen LogP contribution is -2.11. The second-order valence-corrected chi connectivity index (χ2v) is 4.50. The highest BCUT2D eigenvalue weighted by molar-refractivity contribution is 5.33. The van der Waals surface area contributed by atoms with Crippen molar-refractivity contribution in [2.75, 3.05) is 26.9 Å². The van der Waals surface area contributed by atoms with Gasteiger partial charge in [0.1, 0.15) is 12.4 Å². The van der Waals surface area contributed by atoms with Gasteiger partial charge in [-0.3, -0.25) is 0 Å². The largest absolute Gasteiger partial charge is 0.491 e. The summed E-state index contributed by atoms with van der Waals surface area (Å²) in [6, 6.07) is 8.12. The van der Waals surface area contributed by atoms with Crippen LogP contribution >= 0.6 is 0 Å². The number of benzene rings is 1. The molecule has 0 amide bonds. The maximum absolute atomic E-state index is 5.73. The molecule has 1 aromatic rings. The van der Waals surface area contributed by atoms with Crippen molar-refractivity contribution in [3.8, 4) is 5.75 Å². The summed E-state index contributed by atoms with van der Waals surface area (Å²) in [7, 11) is 1.94. The predicted molar refractivity (Wildman–Crippen MR) is 68.2 cm³/mol. The van der Waals surface area contributed by atoms with E-state index < -0.39 is 0 Å². The molecule has 0 spiro atoms. The Bertz CT molecular complexity index is 337. The van der Waals surface area contributed by atoms with Crippen LogP contribution in [-0.4, -0.2) is 26.9 Å². The van der Waals surface area contributed by atoms with Gasteiger partial charge in [0.15, 0.2) is 0 Å². The van der Waals surface area contributed by atoms with Crippen molar-refractivity contribution in [3.05, 3.63) is 29.8 Å². The van der Waals surface area contributed by atoms with Crippen LogP contribution in [0.15, 0.2) is 24.3 Å².